The molecule has 2 amide bonds. The van der Waals surface area contributed by atoms with Crippen LogP contribution in [0.3, 0.4) is 0 Å². The number of hydroxylamine groups is 1. The van der Waals surface area contributed by atoms with Crippen molar-refractivity contribution in [2.24, 2.45) is 0 Å². The van der Waals surface area contributed by atoms with Gasteiger partial charge in [0.05, 0.1) is 5.88 Å². The first-order valence-electron chi connectivity index (χ1n) is 7.51. The van der Waals surface area contributed by atoms with Gasteiger partial charge in [-0.15, -0.1) is 11.8 Å². The van der Waals surface area contributed by atoms with Crippen molar-refractivity contribution < 1.29 is 23.9 Å². The van der Waals surface area contributed by atoms with Gasteiger partial charge >= 0.3 is 6.09 Å². The van der Waals surface area contributed by atoms with E-state index in [0.29, 0.717) is 18.2 Å². The maximum absolute atomic E-state index is 12.2. The first-order chi connectivity index (χ1) is 10.4. The van der Waals surface area contributed by atoms with Crippen molar-refractivity contribution in [3.05, 3.63) is 0 Å². The number of amides is 2. The fourth-order valence-corrected chi connectivity index (χ4v) is 3.30. The van der Waals surface area contributed by atoms with Crippen molar-refractivity contribution in [2.75, 3.05) is 18.2 Å². The van der Waals surface area contributed by atoms with E-state index in [1.54, 1.807) is 20.8 Å². The fourth-order valence-electron chi connectivity index (χ4n) is 2.16. The Labute approximate surface area is 135 Å². The number of thioether (sulfide) groups is 1. The summed E-state index contributed by atoms with van der Waals surface area (Å²) in [5, 5.41) is 0. The topological polar surface area (TPSA) is 77.1 Å². The second kappa shape index (κ2) is 7.52. The summed E-state index contributed by atoms with van der Waals surface area (Å²) in [5.41, 5.74) is 1.83. The highest BCUT2D eigenvalue weighted by molar-refractivity contribution is 7.99. The average Bonchev–Trinajstić information content (AvgIpc) is 2.93. The number of ether oxygens (including phenoxy) is 2. The van der Waals surface area contributed by atoms with E-state index in [2.05, 4.69) is 5.48 Å². The number of nitrogens with one attached hydrogen (secondary N) is 1. The minimum absolute atomic E-state index is 0.343. The van der Waals surface area contributed by atoms with Crippen molar-refractivity contribution in [3.8, 4) is 0 Å². The first-order valence-corrected chi connectivity index (χ1v) is 8.67. The molecule has 0 aromatic carbocycles. The van der Waals surface area contributed by atoms with E-state index in [9.17, 15) is 9.59 Å². The summed E-state index contributed by atoms with van der Waals surface area (Å²) in [4.78, 5) is 31.0. The van der Waals surface area contributed by atoms with Gasteiger partial charge < -0.3 is 9.47 Å². The monoisotopic (exact) mass is 332 g/mol. The Bertz CT molecular complexity index is 407. The highest BCUT2D eigenvalue weighted by Gasteiger charge is 2.37. The Hall–Kier alpha value is -0.990. The summed E-state index contributed by atoms with van der Waals surface area (Å²) in [6, 6.07) is -0.580. The second-order valence-corrected chi connectivity index (χ2v) is 7.35. The molecule has 0 saturated carbocycles. The first kappa shape index (κ1) is 17.4. The molecule has 2 fully saturated rings. The minimum Gasteiger partial charge on any atom is -0.444 e. The molecule has 0 aliphatic carbocycles. The summed E-state index contributed by atoms with van der Waals surface area (Å²) in [7, 11) is 0. The highest BCUT2D eigenvalue weighted by Crippen LogP contribution is 2.24. The standard InChI is InChI=1S/C14H24N2O5S/c1-14(2,3)20-13(18)16-9-22-8-10(16)12(17)15-21-11-6-4-5-7-19-11/h10-11H,4-9H2,1-3H3,(H,15,17)/t10-,11-/m1/s1. The summed E-state index contributed by atoms with van der Waals surface area (Å²) < 4.78 is 10.7. The van der Waals surface area contributed by atoms with Crippen LogP contribution in [0.2, 0.25) is 0 Å². The largest absolute Gasteiger partial charge is 0.444 e. The summed E-state index contributed by atoms with van der Waals surface area (Å²) in [6.07, 6.45) is 1.91. The van der Waals surface area contributed by atoms with Crippen LogP contribution in [0.15, 0.2) is 0 Å². The van der Waals surface area contributed by atoms with Gasteiger partial charge in [-0.05, 0) is 33.6 Å². The normalized spacial score (nSPS) is 25.9. The van der Waals surface area contributed by atoms with E-state index in [1.807, 2.05) is 0 Å². The Morgan fingerprint density at radius 2 is 2.09 bits per heavy atom. The zero-order chi connectivity index (χ0) is 16.2. The van der Waals surface area contributed by atoms with Crippen LogP contribution in [0.1, 0.15) is 40.0 Å². The molecule has 126 valence electrons. The van der Waals surface area contributed by atoms with Crippen molar-refractivity contribution in [1.82, 2.24) is 10.4 Å². The molecule has 1 N–H and O–H groups in total. The Morgan fingerprint density at radius 1 is 1.32 bits per heavy atom. The fraction of sp³-hybridized carbons (Fsp3) is 0.857. The van der Waals surface area contributed by atoms with E-state index >= 15 is 0 Å². The molecule has 2 atom stereocenters. The van der Waals surface area contributed by atoms with Crippen LogP contribution < -0.4 is 5.48 Å². The van der Waals surface area contributed by atoms with Crippen LogP contribution in [-0.2, 0) is 19.1 Å². The molecular formula is C14H24N2O5S. The van der Waals surface area contributed by atoms with Crippen molar-refractivity contribution in [3.63, 3.8) is 0 Å². The lowest BCUT2D eigenvalue weighted by Gasteiger charge is -2.28. The van der Waals surface area contributed by atoms with Crippen molar-refractivity contribution in [1.29, 1.82) is 0 Å². The lowest BCUT2D eigenvalue weighted by molar-refractivity contribution is -0.201. The maximum atomic E-state index is 12.2. The zero-order valence-electron chi connectivity index (χ0n) is 13.3. The van der Waals surface area contributed by atoms with Crippen LogP contribution in [0.5, 0.6) is 0 Å². The smallest absolute Gasteiger partial charge is 0.411 e. The number of nitrogens with zero attached hydrogens (tertiary/aromatic N) is 1. The van der Waals surface area contributed by atoms with Crippen LogP contribution in [0.4, 0.5) is 4.79 Å². The molecule has 2 aliphatic heterocycles. The quantitative estimate of drug-likeness (QED) is 0.795. The molecule has 7 nitrogen and oxygen atoms in total. The number of rotatable bonds is 3. The lowest BCUT2D eigenvalue weighted by atomic mass is 10.2. The Kier molecular flexibility index (Phi) is 5.94. The molecule has 2 heterocycles. The van der Waals surface area contributed by atoms with E-state index in [-0.39, 0.29) is 5.91 Å². The molecule has 0 aromatic heterocycles. The summed E-state index contributed by atoms with van der Waals surface area (Å²) >= 11 is 1.51. The molecule has 0 unspecified atom stereocenters. The van der Waals surface area contributed by atoms with Gasteiger partial charge in [0.1, 0.15) is 11.6 Å². The molecule has 22 heavy (non-hydrogen) atoms. The Morgan fingerprint density at radius 3 is 2.73 bits per heavy atom. The third-order valence-corrected chi connectivity index (χ3v) is 4.25. The van der Waals surface area contributed by atoms with Gasteiger partial charge in [-0.2, -0.15) is 0 Å². The maximum Gasteiger partial charge on any atom is 0.411 e. The lowest BCUT2D eigenvalue weighted by Crippen LogP contribution is -2.49. The van der Waals surface area contributed by atoms with Gasteiger partial charge in [-0.25, -0.2) is 15.1 Å². The predicted octanol–water partition coefficient (Wildman–Crippen LogP) is 1.87. The van der Waals surface area contributed by atoms with Gasteiger partial charge in [0.15, 0.2) is 6.29 Å². The van der Waals surface area contributed by atoms with E-state index in [0.717, 1.165) is 19.3 Å². The molecule has 0 bridgehead atoms. The molecular weight excluding hydrogens is 308 g/mol. The third-order valence-electron chi connectivity index (χ3n) is 3.24. The van der Waals surface area contributed by atoms with E-state index in [1.165, 1.54) is 16.7 Å². The van der Waals surface area contributed by atoms with Crippen LogP contribution in [0.25, 0.3) is 0 Å². The van der Waals surface area contributed by atoms with E-state index in [4.69, 9.17) is 14.3 Å². The molecule has 0 aromatic rings. The van der Waals surface area contributed by atoms with Crippen LogP contribution in [-0.4, -0.2) is 53.1 Å². The van der Waals surface area contributed by atoms with Crippen LogP contribution >= 0.6 is 11.8 Å². The zero-order valence-corrected chi connectivity index (χ0v) is 14.1. The highest BCUT2D eigenvalue weighted by atomic mass is 32.2. The molecule has 8 heteroatoms. The molecule has 0 spiro atoms. The van der Waals surface area contributed by atoms with E-state index < -0.39 is 24.0 Å². The van der Waals surface area contributed by atoms with Crippen molar-refractivity contribution in [2.45, 2.75) is 58.0 Å². The number of carbonyl (C=O) groups excluding carboxylic acids is 2. The number of hydrogen-bond acceptors (Lipinski definition) is 6. The minimum atomic E-state index is -0.586. The average molecular weight is 332 g/mol. The SMILES string of the molecule is CC(C)(C)OC(=O)N1CSC[C@@H]1C(=O)NO[C@@H]1CCCCO1. The van der Waals surface area contributed by atoms with Gasteiger partial charge in [0, 0.05) is 18.8 Å². The van der Waals surface area contributed by atoms with Gasteiger partial charge in [-0.1, -0.05) is 0 Å². The summed E-state index contributed by atoms with van der Waals surface area (Å²) in [5.74, 6) is 0.623. The predicted molar refractivity (Wildman–Crippen MR) is 82.0 cm³/mol. The molecule has 2 aliphatic rings. The number of hydrogen-bond donors (Lipinski definition) is 1. The van der Waals surface area contributed by atoms with Gasteiger partial charge in [0.25, 0.3) is 5.91 Å². The second-order valence-electron chi connectivity index (χ2n) is 6.35. The van der Waals surface area contributed by atoms with Crippen LogP contribution in [0, 0.1) is 0 Å². The molecule has 0 radical (unpaired) electrons. The van der Waals surface area contributed by atoms with Crippen molar-refractivity contribution >= 4 is 23.8 Å². The number of carbonyl (C=O) groups is 2. The van der Waals surface area contributed by atoms with Gasteiger partial charge in [0.2, 0.25) is 0 Å². The Balaban J connectivity index is 1.83. The molecule has 2 rings (SSSR count). The third kappa shape index (κ3) is 5.03. The molecule has 2 saturated heterocycles. The summed E-state index contributed by atoms with van der Waals surface area (Å²) in [6.45, 7) is 6.04. The van der Waals surface area contributed by atoms with Gasteiger partial charge in [-0.3, -0.25) is 9.69 Å².